The number of fused-ring (bicyclic) bond motifs is 13. The Labute approximate surface area is 472 Å². The van der Waals surface area contributed by atoms with Gasteiger partial charge in [0.05, 0.1) is 11.2 Å². The fourth-order valence-electron chi connectivity index (χ4n) is 18.6. The van der Waals surface area contributed by atoms with Gasteiger partial charge in [0.1, 0.15) is 0 Å². The molecule has 9 aromatic rings. The van der Waals surface area contributed by atoms with E-state index in [4.69, 9.17) is 0 Å². The van der Waals surface area contributed by atoms with Crippen molar-refractivity contribution < 1.29 is 0 Å². The first kappa shape index (κ1) is 47.3. The van der Waals surface area contributed by atoms with Crippen molar-refractivity contribution in [3.05, 3.63) is 184 Å². The highest BCUT2D eigenvalue weighted by molar-refractivity contribution is 7.26. The number of thiophene rings is 1. The third-order valence-electron chi connectivity index (χ3n) is 23.0. The van der Waals surface area contributed by atoms with E-state index in [9.17, 15) is 0 Å². The number of hydrogen-bond donors (Lipinski definition) is 0. The van der Waals surface area contributed by atoms with Gasteiger partial charge in [0.15, 0.2) is 0 Å². The summed E-state index contributed by atoms with van der Waals surface area (Å²) in [5.74, 6) is 0. The van der Waals surface area contributed by atoms with Crippen LogP contribution in [0, 0.1) is 0 Å². The van der Waals surface area contributed by atoms with E-state index in [0.717, 1.165) is 19.3 Å². The quantitative estimate of drug-likeness (QED) is 0.163. The van der Waals surface area contributed by atoms with Crippen LogP contribution in [-0.2, 0) is 32.5 Å². The van der Waals surface area contributed by atoms with Crippen LogP contribution in [0.5, 0.6) is 0 Å². The van der Waals surface area contributed by atoms with Crippen LogP contribution in [0.1, 0.15) is 172 Å². The number of anilines is 8. The standard InChI is InChI=1S/C74H72BN3S/c1-68(2)35-36-69(3,4)51-39-43(29-31-49(51)68)76-56-40-44(78-53-25-16-15-24-50(53)72(9)33-18-19-34-73(72,78)10)41-57-65(56)75-66-55(77(57)54-26-20-28-60-61(54)47-22-13-17-27-59(47)79-60)32-30-46-45-21-12-14-23-48(45)74(11,62(46)66)64-63-52(42-58(76)67(64)75)70(5,6)37-38-71(63,7)8/h12-17,20-32,39-42H,18-19,33-38H2,1-11H3. The maximum atomic E-state index is 2.86. The molecule has 392 valence electrons. The largest absolute Gasteiger partial charge is 0.334 e. The van der Waals surface area contributed by atoms with E-state index in [0.29, 0.717) is 0 Å². The Hall–Kier alpha value is -6.56. The van der Waals surface area contributed by atoms with Crippen LogP contribution in [0.2, 0.25) is 0 Å². The van der Waals surface area contributed by atoms with Crippen LogP contribution in [0.15, 0.2) is 140 Å². The minimum absolute atomic E-state index is 0.00134. The summed E-state index contributed by atoms with van der Waals surface area (Å²) in [4.78, 5) is 8.50. The van der Waals surface area contributed by atoms with E-state index in [1.165, 1.54) is 153 Å². The molecule has 0 bridgehead atoms. The van der Waals surface area contributed by atoms with Gasteiger partial charge in [-0.3, -0.25) is 0 Å². The Kier molecular flexibility index (Phi) is 8.89. The molecular formula is C74H72BN3S. The molecule has 1 fully saturated rings. The van der Waals surface area contributed by atoms with Crippen molar-refractivity contribution in [1.82, 2.24) is 0 Å². The van der Waals surface area contributed by atoms with Gasteiger partial charge in [0, 0.05) is 70.8 Å². The van der Waals surface area contributed by atoms with Crippen LogP contribution in [-0.4, -0.2) is 12.3 Å². The molecule has 0 N–H and O–H groups in total. The molecule has 0 amide bonds. The average molecular weight is 1050 g/mol. The van der Waals surface area contributed by atoms with E-state index in [2.05, 4.69) is 230 Å². The molecule has 0 radical (unpaired) electrons. The molecule has 4 aliphatic carbocycles. The monoisotopic (exact) mass is 1050 g/mol. The van der Waals surface area contributed by atoms with Crippen molar-refractivity contribution in [2.75, 3.05) is 14.7 Å². The summed E-state index contributed by atoms with van der Waals surface area (Å²) in [5, 5.41) is 2.68. The Morgan fingerprint density at radius 1 is 0.392 bits per heavy atom. The van der Waals surface area contributed by atoms with Crippen LogP contribution in [0.3, 0.4) is 0 Å². The van der Waals surface area contributed by atoms with Crippen molar-refractivity contribution in [3.63, 3.8) is 0 Å². The van der Waals surface area contributed by atoms with Gasteiger partial charge < -0.3 is 14.7 Å². The lowest BCUT2D eigenvalue weighted by Gasteiger charge is -2.55. The second-order valence-electron chi connectivity index (χ2n) is 28.9. The molecule has 17 rings (SSSR count). The number of para-hydroxylation sites is 1. The van der Waals surface area contributed by atoms with Crippen LogP contribution >= 0.6 is 11.3 Å². The van der Waals surface area contributed by atoms with Crippen LogP contribution in [0.4, 0.5) is 45.5 Å². The summed E-state index contributed by atoms with van der Waals surface area (Å²) >= 11 is 1.93. The molecule has 1 saturated carbocycles. The Bertz CT molecular complexity index is 4260. The molecule has 3 atom stereocenters. The minimum Gasteiger partial charge on any atom is -0.334 e. The fourth-order valence-corrected chi connectivity index (χ4v) is 19.7. The lowest BCUT2D eigenvalue weighted by molar-refractivity contribution is 0.195. The van der Waals surface area contributed by atoms with Crippen LogP contribution < -0.4 is 31.1 Å². The summed E-state index contributed by atoms with van der Waals surface area (Å²) in [7, 11) is 0. The van der Waals surface area contributed by atoms with E-state index in [-0.39, 0.29) is 39.3 Å². The molecular weight excluding hydrogens is 974 g/mol. The van der Waals surface area contributed by atoms with Gasteiger partial charge >= 0.3 is 0 Å². The number of benzene rings is 8. The first-order valence-electron chi connectivity index (χ1n) is 30.0. The molecule has 8 aliphatic rings. The molecule has 0 spiro atoms. The zero-order chi connectivity index (χ0) is 53.9. The fraction of sp³-hybridized carbons (Fsp3) is 0.351. The second-order valence-corrected chi connectivity index (χ2v) is 30.0. The highest BCUT2D eigenvalue weighted by atomic mass is 32.1. The molecule has 8 aromatic carbocycles. The summed E-state index contributed by atoms with van der Waals surface area (Å²) in [5.41, 5.74) is 29.7. The van der Waals surface area contributed by atoms with E-state index in [1.54, 1.807) is 16.7 Å². The summed E-state index contributed by atoms with van der Waals surface area (Å²) in [6.45, 7) is 28.2. The predicted molar refractivity (Wildman–Crippen MR) is 338 cm³/mol. The molecule has 0 saturated heterocycles. The van der Waals surface area contributed by atoms with Crippen molar-refractivity contribution in [2.45, 2.75) is 166 Å². The van der Waals surface area contributed by atoms with Crippen molar-refractivity contribution in [3.8, 4) is 11.1 Å². The topological polar surface area (TPSA) is 9.72 Å². The third-order valence-corrected chi connectivity index (χ3v) is 24.2. The summed E-state index contributed by atoms with van der Waals surface area (Å²) in [6.07, 6.45) is 9.51. The zero-order valence-electron chi connectivity index (χ0n) is 48.3. The van der Waals surface area contributed by atoms with Crippen molar-refractivity contribution in [2.24, 2.45) is 0 Å². The van der Waals surface area contributed by atoms with Gasteiger partial charge in [-0.15, -0.1) is 11.3 Å². The van der Waals surface area contributed by atoms with Crippen molar-refractivity contribution >= 4 is 100 Å². The molecule has 3 unspecified atom stereocenters. The van der Waals surface area contributed by atoms with Gasteiger partial charge in [-0.2, -0.15) is 0 Å². The van der Waals surface area contributed by atoms with Crippen molar-refractivity contribution in [1.29, 1.82) is 0 Å². The second kappa shape index (κ2) is 14.9. The zero-order valence-corrected chi connectivity index (χ0v) is 49.1. The lowest BCUT2D eigenvalue weighted by Crippen LogP contribution is -2.68. The Balaban J connectivity index is 1.08. The Morgan fingerprint density at radius 2 is 1.03 bits per heavy atom. The van der Waals surface area contributed by atoms with E-state index >= 15 is 0 Å². The highest BCUT2D eigenvalue weighted by Gasteiger charge is 2.61. The Morgan fingerprint density at radius 3 is 1.84 bits per heavy atom. The SMILES string of the molecule is CC1(C)CCC(C)(C)c2cc(N3c4cc(N5c6ccccc6C6(C)CCCCC56C)cc5c4B4c6c(ccc7c6C(C)(c6ccccc6-7)c6c4c3cc3c6C(C)(C)CCC3(C)C)N5c3cccc4sc5ccccc5c34)ccc21. The van der Waals surface area contributed by atoms with Gasteiger partial charge in [-0.25, -0.2) is 0 Å². The molecule has 3 nitrogen and oxygen atoms in total. The average Bonchev–Trinajstić information content (AvgIpc) is 2.50. The predicted octanol–water partition coefficient (Wildman–Crippen LogP) is 18.2. The number of rotatable bonds is 3. The smallest absolute Gasteiger partial charge is 0.253 e. The molecule has 4 aliphatic heterocycles. The maximum absolute atomic E-state index is 2.86. The third kappa shape index (κ3) is 5.58. The van der Waals surface area contributed by atoms with Gasteiger partial charge in [0.25, 0.3) is 6.71 Å². The normalized spacial score (nSPS) is 24.9. The molecule has 5 heterocycles. The first-order valence-corrected chi connectivity index (χ1v) is 30.8. The first-order chi connectivity index (χ1) is 37.8. The van der Waals surface area contributed by atoms with Gasteiger partial charge in [-0.1, -0.05) is 154 Å². The maximum Gasteiger partial charge on any atom is 0.253 e. The van der Waals surface area contributed by atoms with E-state index < -0.39 is 5.41 Å². The lowest BCUT2D eigenvalue weighted by atomic mass is 9.28. The molecule has 5 heteroatoms. The van der Waals surface area contributed by atoms with Crippen LogP contribution in [0.25, 0.3) is 31.3 Å². The molecule has 79 heavy (non-hydrogen) atoms. The number of nitrogens with zero attached hydrogens (tertiary/aromatic N) is 3. The number of hydrogen-bond acceptors (Lipinski definition) is 4. The summed E-state index contributed by atoms with van der Waals surface area (Å²) < 4.78 is 2.67. The minimum atomic E-state index is -0.400. The van der Waals surface area contributed by atoms with Gasteiger partial charge in [-0.05, 0) is 207 Å². The molecule has 1 aromatic heterocycles. The van der Waals surface area contributed by atoms with E-state index in [1.807, 2.05) is 11.3 Å². The summed E-state index contributed by atoms with van der Waals surface area (Å²) in [6, 6.07) is 56.4. The van der Waals surface area contributed by atoms with Gasteiger partial charge in [0.2, 0.25) is 0 Å². The highest BCUT2D eigenvalue weighted by Crippen LogP contribution is 2.65.